The van der Waals surface area contributed by atoms with Crippen LogP contribution in [-0.2, 0) is 4.79 Å². The monoisotopic (exact) mass is 232 g/mol. The van der Waals surface area contributed by atoms with Crippen LogP contribution in [0.1, 0.15) is 18.4 Å². The molecule has 0 heterocycles. The Labute approximate surface area is 90.1 Å². The van der Waals surface area contributed by atoms with Gasteiger partial charge >= 0.3 is 5.97 Å². The Balaban J connectivity index is 3.45. The molecule has 0 aromatic heterocycles. The van der Waals surface area contributed by atoms with E-state index in [0.29, 0.717) is 6.07 Å². The molecule has 0 bridgehead atoms. The third kappa shape index (κ3) is 1.91. The van der Waals surface area contributed by atoms with Gasteiger partial charge in [0.1, 0.15) is 5.82 Å². The van der Waals surface area contributed by atoms with Crippen molar-refractivity contribution in [2.24, 2.45) is 0 Å². The van der Waals surface area contributed by atoms with Gasteiger partial charge in [0.25, 0.3) is 0 Å². The summed E-state index contributed by atoms with van der Waals surface area (Å²) < 4.78 is 30.9. The summed E-state index contributed by atoms with van der Waals surface area (Å²) in [6.45, 7) is 1.18. The van der Waals surface area contributed by atoms with Crippen LogP contribution in [0.5, 0.6) is 11.5 Å². The fourth-order valence-electron chi connectivity index (χ4n) is 1.33. The van der Waals surface area contributed by atoms with Crippen molar-refractivity contribution in [3.63, 3.8) is 0 Å². The van der Waals surface area contributed by atoms with E-state index in [4.69, 9.17) is 5.11 Å². The fourth-order valence-corrected chi connectivity index (χ4v) is 1.33. The Morgan fingerprint density at radius 3 is 2.44 bits per heavy atom. The molecule has 1 aromatic carbocycles. The van der Waals surface area contributed by atoms with Crippen LogP contribution >= 0.6 is 0 Å². The molecule has 0 fully saturated rings. The first-order chi connectivity index (χ1) is 7.40. The average Bonchev–Trinajstić information content (AvgIpc) is 2.17. The molecule has 0 aliphatic heterocycles. The van der Waals surface area contributed by atoms with E-state index in [1.54, 1.807) is 0 Å². The van der Waals surface area contributed by atoms with Crippen molar-refractivity contribution in [1.82, 2.24) is 0 Å². The van der Waals surface area contributed by atoms with E-state index in [1.807, 2.05) is 0 Å². The molecule has 6 heteroatoms. The molecule has 1 atom stereocenters. The lowest BCUT2D eigenvalue weighted by Crippen LogP contribution is -2.10. The number of aromatic hydroxyl groups is 1. The van der Waals surface area contributed by atoms with Gasteiger partial charge in [-0.15, -0.1) is 0 Å². The number of phenolic OH excluding ortho intramolecular Hbond substituents is 1. The van der Waals surface area contributed by atoms with Crippen molar-refractivity contribution in [2.75, 3.05) is 7.11 Å². The predicted octanol–water partition coefficient (Wildman–Crippen LogP) is 1.87. The largest absolute Gasteiger partial charge is 0.504 e. The van der Waals surface area contributed by atoms with Gasteiger partial charge in [0.05, 0.1) is 13.0 Å². The number of ether oxygens (including phenoxy) is 1. The van der Waals surface area contributed by atoms with Crippen molar-refractivity contribution >= 4 is 5.97 Å². The van der Waals surface area contributed by atoms with Crippen LogP contribution in [0.25, 0.3) is 0 Å². The summed E-state index contributed by atoms with van der Waals surface area (Å²) in [5.74, 6) is -6.22. The van der Waals surface area contributed by atoms with Gasteiger partial charge in [-0.05, 0) is 6.92 Å². The molecule has 0 amide bonds. The highest BCUT2D eigenvalue weighted by Gasteiger charge is 2.26. The van der Waals surface area contributed by atoms with E-state index in [9.17, 15) is 18.7 Å². The molecule has 1 aromatic rings. The van der Waals surface area contributed by atoms with Crippen LogP contribution in [0.4, 0.5) is 8.78 Å². The lowest BCUT2D eigenvalue weighted by Gasteiger charge is -2.13. The lowest BCUT2D eigenvalue weighted by atomic mass is 9.99. The quantitative estimate of drug-likeness (QED) is 0.834. The van der Waals surface area contributed by atoms with Crippen LogP contribution in [0.15, 0.2) is 6.07 Å². The standard InChI is InChI=1S/C10H10F2O4/c1-4(10(14)15)7-5(11)3-6(12)9(16-2)8(7)13/h3-4,13H,1-2H3,(H,14,15). The Hall–Kier alpha value is -1.85. The Morgan fingerprint density at radius 2 is 2.00 bits per heavy atom. The first kappa shape index (κ1) is 12.2. The van der Waals surface area contributed by atoms with E-state index < -0.39 is 40.6 Å². The van der Waals surface area contributed by atoms with E-state index in [-0.39, 0.29) is 0 Å². The molecule has 0 radical (unpaired) electrons. The summed E-state index contributed by atoms with van der Waals surface area (Å²) in [6, 6.07) is 0.479. The van der Waals surface area contributed by atoms with E-state index >= 15 is 0 Å². The zero-order chi connectivity index (χ0) is 12.5. The summed E-state index contributed by atoms with van der Waals surface area (Å²) in [4.78, 5) is 10.7. The molecule has 0 spiro atoms. The molecule has 1 rings (SSSR count). The number of rotatable bonds is 3. The smallest absolute Gasteiger partial charge is 0.310 e. The van der Waals surface area contributed by atoms with Crippen molar-refractivity contribution in [1.29, 1.82) is 0 Å². The number of carboxylic acids is 1. The molecule has 0 saturated heterocycles. The number of hydrogen-bond acceptors (Lipinski definition) is 3. The molecule has 88 valence electrons. The third-order valence-corrected chi connectivity index (χ3v) is 2.21. The van der Waals surface area contributed by atoms with Gasteiger partial charge < -0.3 is 14.9 Å². The maximum Gasteiger partial charge on any atom is 0.310 e. The summed E-state index contributed by atoms with van der Waals surface area (Å²) in [7, 11) is 1.09. The van der Waals surface area contributed by atoms with Crippen LogP contribution < -0.4 is 4.74 Å². The molecular weight excluding hydrogens is 222 g/mol. The van der Waals surface area contributed by atoms with Crippen LogP contribution in [-0.4, -0.2) is 23.3 Å². The summed E-state index contributed by atoms with van der Waals surface area (Å²) >= 11 is 0. The minimum Gasteiger partial charge on any atom is -0.504 e. The van der Waals surface area contributed by atoms with Gasteiger partial charge in [-0.2, -0.15) is 0 Å². The van der Waals surface area contributed by atoms with Gasteiger partial charge in [0.15, 0.2) is 17.3 Å². The molecule has 0 aliphatic carbocycles. The second-order valence-electron chi connectivity index (χ2n) is 3.20. The molecule has 2 N–H and O–H groups in total. The van der Waals surface area contributed by atoms with Crippen molar-refractivity contribution < 1.29 is 28.5 Å². The number of phenols is 1. The first-order valence-electron chi connectivity index (χ1n) is 4.37. The average molecular weight is 232 g/mol. The summed E-state index contributed by atoms with van der Waals surface area (Å²) in [5, 5.41) is 18.2. The summed E-state index contributed by atoms with van der Waals surface area (Å²) in [6.07, 6.45) is 0. The molecule has 16 heavy (non-hydrogen) atoms. The Kier molecular flexibility index (Phi) is 3.31. The Bertz CT molecular complexity index is 431. The topological polar surface area (TPSA) is 66.8 Å². The van der Waals surface area contributed by atoms with Crippen molar-refractivity contribution in [3.05, 3.63) is 23.3 Å². The zero-order valence-corrected chi connectivity index (χ0v) is 8.62. The molecule has 0 aliphatic rings. The first-order valence-corrected chi connectivity index (χ1v) is 4.37. The molecular formula is C10H10F2O4. The second kappa shape index (κ2) is 4.34. The predicted molar refractivity (Wildman–Crippen MR) is 50.6 cm³/mol. The number of halogens is 2. The highest BCUT2D eigenvalue weighted by molar-refractivity contribution is 5.77. The lowest BCUT2D eigenvalue weighted by molar-refractivity contribution is -0.138. The number of carboxylic acid groups (broad SMARTS) is 1. The minimum absolute atomic E-state index is 0.479. The fraction of sp³-hybridized carbons (Fsp3) is 0.300. The van der Waals surface area contributed by atoms with Gasteiger partial charge in [-0.25, -0.2) is 8.78 Å². The normalized spacial score (nSPS) is 12.2. The van der Waals surface area contributed by atoms with Crippen molar-refractivity contribution in [2.45, 2.75) is 12.8 Å². The van der Waals surface area contributed by atoms with E-state index in [0.717, 1.165) is 7.11 Å². The van der Waals surface area contributed by atoms with Crippen LogP contribution in [0, 0.1) is 11.6 Å². The Morgan fingerprint density at radius 1 is 1.44 bits per heavy atom. The minimum atomic E-state index is -1.33. The number of methoxy groups -OCH3 is 1. The van der Waals surface area contributed by atoms with E-state index in [1.165, 1.54) is 6.92 Å². The van der Waals surface area contributed by atoms with Crippen molar-refractivity contribution in [3.8, 4) is 11.5 Å². The molecule has 0 saturated carbocycles. The maximum absolute atomic E-state index is 13.3. The van der Waals surface area contributed by atoms with E-state index in [2.05, 4.69) is 4.74 Å². The van der Waals surface area contributed by atoms with Crippen LogP contribution in [0.3, 0.4) is 0 Å². The SMILES string of the molecule is COc1c(F)cc(F)c(C(C)C(=O)O)c1O. The van der Waals surface area contributed by atoms with Gasteiger partial charge in [0.2, 0.25) is 0 Å². The number of benzene rings is 1. The molecule has 4 nitrogen and oxygen atoms in total. The number of carbonyl (C=O) groups is 1. The highest BCUT2D eigenvalue weighted by Crippen LogP contribution is 2.38. The van der Waals surface area contributed by atoms with Gasteiger partial charge in [-0.1, -0.05) is 0 Å². The number of hydrogen-bond donors (Lipinski definition) is 2. The number of aliphatic carboxylic acids is 1. The van der Waals surface area contributed by atoms with Gasteiger partial charge in [-0.3, -0.25) is 4.79 Å². The second-order valence-corrected chi connectivity index (χ2v) is 3.20. The summed E-state index contributed by atoms with van der Waals surface area (Å²) in [5.41, 5.74) is -0.495. The van der Waals surface area contributed by atoms with Crippen LogP contribution in [0.2, 0.25) is 0 Å². The highest BCUT2D eigenvalue weighted by atomic mass is 19.1. The third-order valence-electron chi connectivity index (χ3n) is 2.21. The maximum atomic E-state index is 13.3. The zero-order valence-electron chi connectivity index (χ0n) is 8.62. The molecule has 1 unspecified atom stereocenters. The van der Waals surface area contributed by atoms with Gasteiger partial charge in [0, 0.05) is 11.6 Å².